The van der Waals surface area contributed by atoms with Crippen molar-refractivity contribution >= 4 is 23.4 Å². The third-order valence-corrected chi connectivity index (χ3v) is 4.71. The van der Waals surface area contributed by atoms with Crippen LogP contribution in [0, 0.1) is 6.92 Å². The number of carbonyl (C=O) groups is 3. The number of unbranched alkanes of at least 4 members (excludes halogenated alkanes) is 5. The summed E-state index contributed by atoms with van der Waals surface area (Å²) in [6.07, 6.45) is 8.02. The molecule has 3 amide bonds. The van der Waals surface area contributed by atoms with Crippen LogP contribution in [0.1, 0.15) is 70.8 Å². The van der Waals surface area contributed by atoms with Crippen LogP contribution in [0.4, 0.5) is 5.69 Å². The maximum absolute atomic E-state index is 12.4. The highest BCUT2D eigenvalue weighted by Crippen LogP contribution is 2.09. The smallest absolute Gasteiger partial charge is 0.243 e. The van der Waals surface area contributed by atoms with E-state index in [1.165, 1.54) is 19.3 Å². The Morgan fingerprint density at radius 1 is 0.862 bits per heavy atom. The van der Waals surface area contributed by atoms with Gasteiger partial charge in [-0.15, -0.1) is 0 Å². The highest BCUT2D eigenvalue weighted by molar-refractivity contribution is 5.95. The molecule has 0 saturated heterocycles. The van der Waals surface area contributed by atoms with Crippen molar-refractivity contribution in [3.8, 4) is 0 Å². The van der Waals surface area contributed by atoms with E-state index in [9.17, 15) is 14.4 Å². The van der Waals surface area contributed by atoms with Gasteiger partial charge < -0.3 is 15.5 Å². The summed E-state index contributed by atoms with van der Waals surface area (Å²) in [7, 11) is 0. The number of carbonyl (C=O) groups excluding carboxylic acids is 3. The molecule has 2 N–H and O–H groups in total. The molecule has 6 heteroatoms. The van der Waals surface area contributed by atoms with E-state index in [0.29, 0.717) is 18.7 Å². The molecule has 0 saturated carbocycles. The first-order valence-electron chi connectivity index (χ1n) is 10.9. The van der Waals surface area contributed by atoms with Gasteiger partial charge in [-0.2, -0.15) is 0 Å². The molecule has 0 aliphatic rings. The number of nitrogens with zero attached hydrogens (tertiary/aromatic N) is 1. The molecule has 162 valence electrons. The van der Waals surface area contributed by atoms with Gasteiger partial charge in [-0.05, 0) is 31.9 Å². The molecule has 0 atom stereocenters. The molecule has 0 radical (unpaired) electrons. The maximum Gasteiger partial charge on any atom is 0.243 e. The normalized spacial score (nSPS) is 10.4. The molecule has 0 heterocycles. The average molecular weight is 404 g/mol. The first kappa shape index (κ1) is 24.7. The fourth-order valence-electron chi connectivity index (χ4n) is 3.03. The van der Waals surface area contributed by atoms with Crippen LogP contribution in [0.2, 0.25) is 0 Å². The van der Waals surface area contributed by atoms with Crippen LogP contribution in [0.5, 0.6) is 0 Å². The zero-order valence-electron chi connectivity index (χ0n) is 18.3. The van der Waals surface area contributed by atoms with Crippen LogP contribution in [-0.2, 0) is 14.4 Å². The van der Waals surface area contributed by atoms with E-state index < -0.39 is 0 Å². The fourth-order valence-corrected chi connectivity index (χ4v) is 3.03. The Morgan fingerprint density at radius 2 is 1.52 bits per heavy atom. The number of nitrogens with one attached hydrogen (secondary N) is 2. The Labute approximate surface area is 175 Å². The highest BCUT2D eigenvalue weighted by Gasteiger charge is 2.16. The lowest BCUT2D eigenvalue weighted by molar-refractivity contribution is -0.136. The van der Waals surface area contributed by atoms with Crippen LogP contribution in [0.3, 0.4) is 0 Å². The molecular weight excluding hydrogens is 366 g/mol. The molecule has 1 rings (SSSR count). The van der Waals surface area contributed by atoms with E-state index in [0.717, 1.165) is 31.2 Å². The third-order valence-electron chi connectivity index (χ3n) is 4.71. The number of aryl methyl sites for hydroxylation is 1. The van der Waals surface area contributed by atoms with Gasteiger partial charge in [0.25, 0.3) is 0 Å². The van der Waals surface area contributed by atoms with Crippen molar-refractivity contribution in [2.45, 2.75) is 72.1 Å². The number of anilines is 1. The Kier molecular flexibility index (Phi) is 12.4. The predicted octanol–water partition coefficient (Wildman–Crippen LogP) is 4.04. The first-order chi connectivity index (χ1) is 14.0. The topological polar surface area (TPSA) is 78.5 Å². The van der Waals surface area contributed by atoms with Crippen LogP contribution < -0.4 is 10.6 Å². The average Bonchev–Trinajstić information content (AvgIpc) is 2.70. The predicted molar refractivity (Wildman–Crippen MR) is 118 cm³/mol. The van der Waals surface area contributed by atoms with E-state index in [2.05, 4.69) is 17.6 Å². The minimum Gasteiger partial charge on any atom is -0.345 e. The molecule has 0 aliphatic heterocycles. The molecule has 0 spiro atoms. The molecule has 0 bridgehead atoms. The van der Waals surface area contributed by atoms with E-state index >= 15 is 0 Å². The molecule has 1 aromatic rings. The molecule has 29 heavy (non-hydrogen) atoms. The van der Waals surface area contributed by atoms with E-state index in [1.807, 2.05) is 38.1 Å². The van der Waals surface area contributed by atoms with Crippen molar-refractivity contribution < 1.29 is 14.4 Å². The second-order valence-corrected chi connectivity index (χ2v) is 7.52. The van der Waals surface area contributed by atoms with Gasteiger partial charge in [-0.25, -0.2) is 0 Å². The summed E-state index contributed by atoms with van der Waals surface area (Å²) in [6, 6.07) is 7.45. The number of benzene rings is 1. The van der Waals surface area contributed by atoms with Crippen LogP contribution in [-0.4, -0.2) is 42.3 Å². The van der Waals surface area contributed by atoms with Crippen molar-refractivity contribution in [3.63, 3.8) is 0 Å². The molecule has 1 aromatic carbocycles. The van der Waals surface area contributed by atoms with Crippen molar-refractivity contribution in [2.75, 3.05) is 25.0 Å². The lowest BCUT2D eigenvalue weighted by atomic mass is 10.1. The van der Waals surface area contributed by atoms with Gasteiger partial charge in [-0.1, -0.05) is 63.6 Å². The molecule has 0 unspecified atom stereocenters. The first-order valence-corrected chi connectivity index (χ1v) is 10.9. The van der Waals surface area contributed by atoms with Crippen molar-refractivity contribution in [3.05, 3.63) is 29.8 Å². The standard InChI is InChI=1S/C23H37N3O3/c1-4-6-7-8-9-10-11-23(29)26(16-5-2)18-22(28)24-17-21(27)25-20-14-12-19(3)13-15-20/h12-15H,4-11,16-18H2,1-3H3,(H,24,28)(H,25,27). The van der Waals surface area contributed by atoms with Crippen LogP contribution >= 0.6 is 0 Å². The van der Waals surface area contributed by atoms with Crippen LogP contribution in [0.25, 0.3) is 0 Å². The number of hydrogen-bond donors (Lipinski definition) is 2. The van der Waals surface area contributed by atoms with Gasteiger partial charge in [0, 0.05) is 18.7 Å². The zero-order valence-corrected chi connectivity index (χ0v) is 18.3. The summed E-state index contributed by atoms with van der Waals surface area (Å²) in [4.78, 5) is 38.2. The maximum atomic E-state index is 12.4. The number of rotatable bonds is 14. The minimum absolute atomic E-state index is 0.000317. The fraction of sp³-hybridized carbons (Fsp3) is 0.609. The monoisotopic (exact) mass is 403 g/mol. The van der Waals surface area contributed by atoms with Gasteiger partial charge in [0.15, 0.2) is 0 Å². The SMILES string of the molecule is CCCCCCCCC(=O)N(CCC)CC(=O)NCC(=O)Nc1ccc(C)cc1. The summed E-state index contributed by atoms with van der Waals surface area (Å²) in [5, 5.41) is 5.34. The molecule has 6 nitrogen and oxygen atoms in total. The van der Waals surface area contributed by atoms with Crippen LogP contribution in [0.15, 0.2) is 24.3 Å². The van der Waals surface area contributed by atoms with E-state index in [1.54, 1.807) is 4.90 Å². The van der Waals surface area contributed by atoms with Gasteiger partial charge in [0.1, 0.15) is 0 Å². The third kappa shape index (κ3) is 11.3. The lowest BCUT2D eigenvalue weighted by Crippen LogP contribution is -2.43. The molecular formula is C23H37N3O3. The summed E-state index contributed by atoms with van der Waals surface area (Å²) in [5.74, 6) is -0.585. The summed E-state index contributed by atoms with van der Waals surface area (Å²) in [5.41, 5.74) is 1.80. The Morgan fingerprint density at radius 3 is 2.17 bits per heavy atom. The quantitative estimate of drug-likeness (QED) is 0.460. The summed E-state index contributed by atoms with van der Waals surface area (Å²) >= 11 is 0. The van der Waals surface area contributed by atoms with Gasteiger partial charge >= 0.3 is 0 Å². The second-order valence-electron chi connectivity index (χ2n) is 7.52. The Bertz CT molecular complexity index is 629. The van der Waals surface area contributed by atoms with E-state index in [-0.39, 0.29) is 30.8 Å². The zero-order chi connectivity index (χ0) is 21.5. The summed E-state index contributed by atoms with van der Waals surface area (Å²) in [6.45, 7) is 6.58. The highest BCUT2D eigenvalue weighted by atomic mass is 16.2. The van der Waals surface area contributed by atoms with Gasteiger partial charge in [0.05, 0.1) is 13.1 Å². The largest absolute Gasteiger partial charge is 0.345 e. The lowest BCUT2D eigenvalue weighted by Gasteiger charge is -2.21. The van der Waals surface area contributed by atoms with Crippen molar-refractivity contribution in [1.29, 1.82) is 0 Å². The Balaban J connectivity index is 2.33. The van der Waals surface area contributed by atoms with Gasteiger partial charge in [-0.3, -0.25) is 14.4 Å². The number of hydrogen-bond acceptors (Lipinski definition) is 3. The Hall–Kier alpha value is -2.37. The minimum atomic E-state index is -0.311. The molecule has 0 aromatic heterocycles. The number of amides is 3. The van der Waals surface area contributed by atoms with Gasteiger partial charge in [0.2, 0.25) is 17.7 Å². The summed E-state index contributed by atoms with van der Waals surface area (Å²) < 4.78 is 0. The molecule has 0 aliphatic carbocycles. The van der Waals surface area contributed by atoms with Crippen molar-refractivity contribution in [1.82, 2.24) is 10.2 Å². The second kappa shape index (κ2) is 14.6. The van der Waals surface area contributed by atoms with Crippen molar-refractivity contribution in [2.24, 2.45) is 0 Å². The molecule has 0 fully saturated rings. The van der Waals surface area contributed by atoms with E-state index in [4.69, 9.17) is 0 Å².